The van der Waals surface area contributed by atoms with Crippen LogP contribution in [0, 0.1) is 28.1 Å². The molecule has 0 heterocycles. The van der Waals surface area contributed by atoms with Gasteiger partial charge in [-0.25, -0.2) is 4.79 Å². The first-order valence-corrected chi connectivity index (χ1v) is 6.10. The summed E-state index contributed by atoms with van der Waals surface area (Å²) in [4.78, 5) is 11.7. The molecule has 0 spiro atoms. The van der Waals surface area contributed by atoms with Crippen LogP contribution in [0.1, 0.15) is 40.0 Å². The highest BCUT2D eigenvalue weighted by molar-refractivity contribution is 5.94. The molecule has 0 amide bonds. The van der Waals surface area contributed by atoms with E-state index in [1.807, 2.05) is 6.07 Å². The molecule has 2 aliphatic rings. The van der Waals surface area contributed by atoms with Gasteiger partial charge < -0.3 is 4.74 Å². The Hall–Kier alpha value is -1.30. The van der Waals surface area contributed by atoms with Gasteiger partial charge in [0.15, 0.2) is 0 Å². The minimum atomic E-state index is -0.480. The molecular formula is C14H19NO2. The van der Waals surface area contributed by atoms with E-state index in [0.717, 1.165) is 18.4 Å². The molecule has 3 heteroatoms. The van der Waals surface area contributed by atoms with E-state index in [4.69, 9.17) is 4.74 Å². The van der Waals surface area contributed by atoms with Crippen LogP contribution in [0.5, 0.6) is 0 Å². The van der Waals surface area contributed by atoms with Gasteiger partial charge in [0.05, 0.1) is 7.11 Å². The Morgan fingerprint density at radius 1 is 1.47 bits per heavy atom. The molecule has 3 nitrogen and oxygen atoms in total. The molecule has 0 aromatic carbocycles. The molecule has 2 saturated carbocycles. The van der Waals surface area contributed by atoms with Crippen molar-refractivity contribution in [3.05, 3.63) is 11.1 Å². The van der Waals surface area contributed by atoms with Crippen molar-refractivity contribution >= 4 is 5.97 Å². The highest BCUT2D eigenvalue weighted by Gasteiger charge is 2.60. The number of ether oxygens (including phenoxy) is 1. The normalized spacial score (nSPS) is 36.5. The molecule has 2 aliphatic carbocycles. The Kier molecular flexibility index (Phi) is 2.57. The second-order valence-corrected chi connectivity index (χ2v) is 5.95. The van der Waals surface area contributed by atoms with Crippen molar-refractivity contribution in [2.75, 3.05) is 7.11 Å². The first-order chi connectivity index (χ1) is 7.88. The summed E-state index contributed by atoms with van der Waals surface area (Å²) >= 11 is 0. The Morgan fingerprint density at radius 2 is 2.12 bits per heavy atom. The van der Waals surface area contributed by atoms with Crippen LogP contribution in [0.4, 0.5) is 0 Å². The minimum Gasteiger partial charge on any atom is -0.465 e. The van der Waals surface area contributed by atoms with Crippen LogP contribution in [0.3, 0.4) is 0 Å². The SMILES string of the molecule is COC(=O)/C(C#N)=C1/C[C@H]2CC[C@]1(C)C2(C)C. The molecule has 0 saturated heterocycles. The van der Waals surface area contributed by atoms with Crippen molar-refractivity contribution in [1.29, 1.82) is 5.26 Å². The number of hydrogen-bond acceptors (Lipinski definition) is 3. The van der Waals surface area contributed by atoms with E-state index in [2.05, 4.69) is 20.8 Å². The summed E-state index contributed by atoms with van der Waals surface area (Å²) in [7, 11) is 1.33. The Labute approximate surface area is 102 Å². The van der Waals surface area contributed by atoms with Gasteiger partial charge in [0.25, 0.3) is 0 Å². The van der Waals surface area contributed by atoms with Crippen LogP contribution in [-0.2, 0) is 9.53 Å². The number of hydrogen-bond donors (Lipinski definition) is 0. The lowest BCUT2D eigenvalue weighted by atomic mass is 9.68. The topological polar surface area (TPSA) is 50.1 Å². The number of rotatable bonds is 1. The monoisotopic (exact) mass is 233 g/mol. The van der Waals surface area contributed by atoms with E-state index in [9.17, 15) is 10.1 Å². The molecule has 92 valence electrons. The summed E-state index contributed by atoms with van der Waals surface area (Å²) in [5.74, 6) is 0.114. The lowest BCUT2D eigenvalue weighted by molar-refractivity contribution is -0.135. The summed E-state index contributed by atoms with van der Waals surface area (Å²) in [5.41, 5.74) is 1.42. The zero-order chi connectivity index (χ0) is 12.8. The molecule has 0 aromatic heterocycles. The van der Waals surface area contributed by atoms with Gasteiger partial charge in [-0.2, -0.15) is 5.26 Å². The van der Waals surface area contributed by atoms with E-state index in [1.54, 1.807) is 0 Å². The second kappa shape index (κ2) is 3.60. The summed E-state index contributed by atoms with van der Waals surface area (Å²) in [6.07, 6.45) is 3.15. The summed E-state index contributed by atoms with van der Waals surface area (Å²) < 4.78 is 4.72. The Morgan fingerprint density at radius 3 is 2.47 bits per heavy atom. The van der Waals surface area contributed by atoms with Crippen LogP contribution in [0.2, 0.25) is 0 Å². The van der Waals surface area contributed by atoms with Crippen molar-refractivity contribution in [2.45, 2.75) is 40.0 Å². The molecule has 2 bridgehead atoms. The van der Waals surface area contributed by atoms with Gasteiger partial charge in [-0.15, -0.1) is 0 Å². The molecule has 2 rings (SSSR count). The van der Waals surface area contributed by atoms with Crippen LogP contribution >= 0.6 is 0 Å². The van der Waals surface area contributed by atoms with E-state index in [1.165, 1.54) is 13.5 Å². The van der Waals surface area contributed by atoms with Crippen LogP contribution in [-0.4, -0.2) is 13.1 Å². The van der Waals surface area contributed by atoms with Crippen LogP contribution in [0.25, 0.3) is 0 Å². The molecule has 0 radical (unpaired) electrons. The number of nitrogens with zero attached hydrogens (tertiary/aromatic N) is 1. The molecular weight excluding hydrogens is 214 g/mol. The van der Waals surface area contributed by atoms with Crippen molar-refractivity contribution in [3.8, 4) is 6.07 Å². The van der Waals surface area contributed by atoms with E-state index >= 15 is 0 Å². The maximum absolute atomic E-state index is 11.7. The molecule has 0 aromatic rings. The van der Waals surface area contributed by atoms with Gasteiger partial charge in [0.1, 0.15) is 11.6 Å². The van der Waals surface area contributed by atoms with Gasteiger partial charge in [-0.1, -0.05) is 20.8 Å². The average molecular weight is 233 g/mol. The number of carbonyl (C=O) groups is 1. The van der Waals surface area contributed by atoms with E-state index in [-0.39, 0.29) is 16.4 Å². The van der Waals surface area contributed by atoms with Gasteiger partial charge in [-0.3, -0.25) is 0 Å². The fourth-order valence-corrected chi connectivity index (χ4v) is 3.68. The van der Waals surface area contributed by atoms with Crippen molar-refractivity contribution in [3.63, 3.8) is 0 Å². The second-order valence-electron chi connectivity index (χ2n) is 5.95. The van der Waals surface area contributed by atoms with E-state index < -0.39 is 5.97 Å². The zero-order valence-corrected chi connectivity index (χ0v) is 11.0. The number of methoxy groups -OCH3 is 1. The molecule has 0 aliphatic heterocycles. The van der Waals surface area contributed by atoms with E-state index in [0.29, 0.717) is 5.92 Å². The fourth-order valence-electron chi connectivity index (χ4n) is 3.68. The van der Waals surface area contributed by atoms with Crippen LogP contribution in [0.15, 0.2) is 11.1 Å². The Balaban J connectivity index is 2.54. The highest BCUT2D eigenvalue weighted by atomic mass is 16.5. The third kappa shape index (κ3) is 1.36. The summed E-state index contributed by atoms with van der Waals surface area (Å²) in [6, 6.07) is 2.05. The predicted molar refractivity (Wildman–Crippen MR) is 63.9 cm³/mol. The smallest absolute Gasteiger partial charge is 0.348 e. The number of nitriles is 1. The molecule has 17 heavy (non-hydrogen) atoms. The summed E-state index contributed by atoms with van der Waals surface area (Å²) in [6.45, 7) is 6.70. The van der Waals surface area contributed by atoms with Gasteiger partial charge in [0, 0.05) is 0 Å². The van der Waals surface area contributed by atoms with Gasteiger partial charge >= 0.3 is 5.97 Å². The number of carbonyl (C=O) groups excluding carboxylic acids is 1. The van der Waals surface area contributed by atoms with Crippen LogP contribution < -0.4 is 0 Å². The van der Waals surface area contributed by atoms with Crippen molar-refractivity contribution in [1.82, 2.24) is 0 Å². The standard InChI is InChI=1S/C14H19NO2/c1-13(2)9-5-6-14(13,3)11(7-9)10(8-15)12(16)17-4/h9H,5-7H2,1-4H3/b11-10-/t9-,14+/m1/s1. The summed E-state index contributed by atoms with van der Waals surface area (Å²) in [5, 5.41) is 9.19. The first kappa shape index (κ1) is 12.2. The van der Waals surface area contributed by atoms with Crippen molar-refractivity contribution < 1.29 is 9.53 Å². The largest absolute Gasteiger partial charge is 0.465 e. The zero-order valence-electron chi connectivity index (χ0n) is 11.0. The molecule has 2 fully saturated rings. The third-order valence-electron chi connectivity index (χ3n) is 5.36. The minimum absolute atomic E-state index is 0.0169. The highest BCUT2D eigenvalue weighted by Crippen LogP contribution is 2.68. The molecule has 2 atom stereocenters. The predicted octanol–water partition coefficient (Wildman–Crippen LogP) is 2.83. The average Bonchev–Trinajstić information content (AvgIpc) is 2.62. The number of esters is 1. The lowest BCUT2D eigenvalue weighted by Crippen LogP contribution is -2.29. The third-order valence-corrected chi connectivity index (χ3v) is 5.36. The maximum atomic E-state index is 11.7. The van der Waals surface area contributed by atoms with Gasteiger partial charge in [-0.05, 0) is 41.6 Å². The Bertz CT molecular complexity index is 442. The number of allylic oxidation sites excluding steroid dienone is 1. The number of fused-ring (bicyclic) bond motifs is 2. The fraction of sp³-hybridized carbons (Fsp3) is 0.714. The molecule has 0 unspecified atom stereocenters. The molecule has 0 N–H and O–H groups in total. The lowest BCUT2D eigenvalue weighted by Gasteiger charge is -2.35. The maximum Gasteiger partial charge on any atom is 0.348 e. The first-order valence-electron chi connectivity index (χ1n) is 6.10. The van der Waals surface area contributed by atoms with Gasteiger partial charge in [0.2, 0.25) is 0 Å². The quantitative estimate of drug-likeness (QED) is 0.397. The van der Waals surface area contributed by atoms with Crippen molar-refractivity contribution in [2.24, 2.45) is 16.7 Å².